The number of likely N-dealkylation sites (N-methyl/N-ethyl adjacent to an activating group) is 1. The topological polar surface area (TPSA) is 9.23 Å². The number of hydrogen-bond donors (Lipinski definition) is 0. The SMILES string of the molecule is C[C@@H]1O[C@H](C[N+](C)(C)C)C[C@@H]1F.[I-]. The molecule has 1 fully saturated rings. The summed E-state index contributed by atoms with van der Waals surface area (Å²) in [6, 6.07) is 0. The second-order valence-corrected chi connectivity index (χ2v) is 4.69. The number of rotatable bonds is 2. The summed E-state index contributed by atoms with van der Waals surface area (Å²) in [5.74, 6) is 0. The molecule has 0 aromatic heterocycles. The zero-order valence-corrected chi connectivity index (χ0v) is 10.9. The standard InChI is InChI=1S/C9H19FNO.HI/c1-7-9(10)5-8(12-7)6-11(2,3)4;/h7-9H,5-6H2,1-4H3;1H/q+1;/p-1/t7-,8-,9-;/m0./s1. The molecule has 0 bridgehead atoms. The molecule has 1 saturated heterocycles. The molecule has 1 heterocycles. The first-order valence-corrected chi connectivity index (χ1v) is 4.48. The summed E-state index contributed by atoms with van der Waals surface area (Å²) in [5, 5.41) is 0. The molecular formula is C9H19FINO. The molecule has 0 aliphatic carbocycles. The van der Waals surface area contributed by atoms with E-state index in [1.165, 1.54) is 0 Å². The predicted molar refractivity (Wildman–Crippen MR) is 46.7 cm³/mol. The maximum absolute atomic E-state index is 13.0. The third kappa shape index (κ3) is 4.56. The van der Waals surface area contributed by atoms with E-state index in [0.29, 0.717) is 6.42 Å². The monoisotopic (exact) mass is 303 g/mol. The first-order chi connectivity index (χ1) is 5.38. The van der Waals surface area contributed by atoms with Gasteiger partial charge >= 0.3 is 0 Å². The van der Waals surface area contributed by atoms with Crippen LogP contribution in [0.15, 0.2) is 0 Å². The van der Waals surface area contributed by atoms with Crippen molar-refractivity contribution in [2.24, 2.45) is 0 Å². The van der Waals surface area contributed by atoms with Crippen molar-refractivity contribution in [2.75, 3.05) is 27.7 Å². The van der Waals surface area contributed by atoms with Crippen LogP contribution in [0.2, 0.25) is 0 Å². The summed E-state index contributed by atoms with van der Waals surface area (Å²) in [4.78, 5) is 0. The summed E-state index contributed by atoms with van der Waals surface area (Å²) in [6.07, 6.45) is -0.297. The predicted octanol–water partition coefficient (Wildman–Crippen LogP) is -1.79. The van der Waals surface area contributed by atoms with Crippen molar-refractivity contribution in [2.45, 2.75) is 31.7 Å². The molecule has 1 aliphatic rings. The molecule has 0 saturated carbocycles. The molecule has 0 N–H and O–H groups in total. The van der Waals surface area contributed by atoms with Gasteiger partial charge in [-0.25, -0.2) is 4.39 Å². The van der Waals surface area contributed by atoms with E-state index >= 15 is 0 Å². The Bertz CT molecular complexity index is 150. The second kappa shape index (κ2) is 4.89. The Morgan fingerprint density at radius 2 is 1.92 bits per heavy atom. The molecule has 0 aromatic carbocycles. The lowest BCUT2D eigenvalue weighted by molar-refractivity contribution is -0.873. The van der Waals surface area contributed by atoms with Gasteiger partial charge in [0, 0.05) is 6.42 Å². The molecule has 4 heteroatoms. The fraction of sp³-hybridized carbons (Fsp3) is 1.00. The zero-order valence-electron chi connectivity index (χ0n) is 8.76. The Morgan fingerprint density at radius 1 is 1.38 bits per heavy atom. The van der Waals surface area contributed by atoms with Crippen LogP contribution in [0.1, 0.15) is 13.3 Å². The van der Waals surface area contributed by atoms with E-state index in [1.807, 2.05) is 0 Å². The Labute approximate surface area is 97.0 Å². The largest absolute Gasteiger partial charge is 1.00 e. The van der Waals surface area contributed by atoms with Crippen LogP contribution >= 0.6 is 0 Å². The van der Waals surface area contributed by atoms with Gasteiger partial charge in [-0.2, -0.15) is 0 Å². The normalized spacial score (nSPS) is 34.4. The van der Waals surface area contributed by atoms with Gasteiger partial charge in [0.05, 0.1) is 27.2 Å². The first-order valence-electron chi connectivity index (χ1n) is 4.48. The van der Waals surface area contributed by atoms with E-state index in [0.717, 1.165) is 11.0 Å². The summed E-state index contributed by atoms with van der Waals surface area (Å²) in [7, 11) is 6.29. The smallest absolute Gasteiger partial charge is 0.129 e. The van der Waals surface area contributed by atoms with E-state index in [-0.39, 0.29) is 36.2 Å². The molecule has 0 spiro atoms. The van der Waals surface area contributed by atoms with E-state index in [1.54, 1.807) is 6.92 Å². The van der Waals surface area contributed by atoms with Crippen LogP contribution in [0.5, 0.6) is 0 Å². The average Bonchev–Trinajstić information content (AvgIpc) is 2.07. The molecule has 13 heavy (non-hydrogen) atoms. The summed E-state index contributed by atoms with van der Waals surface area (Å²) >= 11 is 0. The van der Waals surface area contributed by atoms with Gasteiger partial charge in [-0.05, 0) is 6.92 Å². The summed E-state index contributed by atoms with van der Waals surface area (Å²) in [6.45, 7) is 2.70. The molecule has 0 unspecified atom stereocenters. The van der Waals surface area contributed by atoms with Crippen molar-refractivity contribution in [1.82, 2.24) is 0 Å². The van der Waals surface area contributed by atoms with Crippen LogP contribution < -0.4 is 24.0 Å². The number of ether oxygens (including phenoxy) is 1. The fourth-order valence-corrected chi connectivity index (χ4v) is 1.62. The van der Waals surface area contributed by atoms with Crippen LogP contribution in [-0.2, 0) is 4.74 Å². The molecule has 0 aromatic rings. The maximum atomic E-state index is 13.0. The van der Waals surface area contributed by atoms with Gasteiger partial charge in [0.2, 0.25) is 0 Å². The van der Waals surface area contributed by atoms with Crippen LogP contribution in [0, 0.1) is 0 Å². The Balaban J connectivity index is 0.00000144. The van der Waals surface area contributed by atoms with Crippen LogP contribution in [0.3, 0.4) is 0 Å². The van der Waals surface area contributed by atoms with Crippen molar-refractivity contribution in [3.8, 4) is 0 Å². The van der Waals surface area contributed by atoms with E-state index < -0.39 is 6.17 Å². The lowest BCUT2D eigenvalue weighted by Crippen LogP contribution is -3.00. The lowest BCUT2D eigenvalue weighted by atomic mass is 10.1. The van der Waals surface area contributed by atoms with Gasteiger partial charge in [-0.1, -0.05) is 0 Å². The van der Waals surface area contributed by atoms with Gasteiger partial charge in [0.15, 0.2) is 0 Å². The minimum atomic E-state index is -0.762. The van der Waals surface area contributed by atoms with Crippen LogP contribution in [0.25, 0.3) is 0 Å². The third-order valence-electron chi connectivity index (χ3n) is 2.16. The second-order valence-electron chi connectivity index (χ2n) is 4.69. The number of nitrogens with zero attached hydrogens (tertiary/aromatic N) is 1. The van der Waals surface area contributed by atoms with Gasteiger partial charge in [-0.15, -0.1) is 0 Å². The van der Waals surface area contributed by atoms with E-state index in [2.05, 4.69) is 21.1 Å². The first kappa shape index (κ1) is 13.6. The molecule has 1 aliphatic heterocycles. The molecule has 1 rings (SSSR count). The molecule has 3 atom stereocenters. The third-order valence-corrected chi connectivity index (χ3v) is 2.16. The number of halogens is 2. The number of hydrogen-bond acceptors (Lipinski definition) is 1. The number of alkyl halides is 1. The summed E-state index contributed by atoms with van der Waals surface area (Å²) < 4.78 is 19.3. The Hall–Kier alpha value is 0.580. The highest BCUT2D eigenvalue weighted by molar-refractivity contribution is 4.78. The minimum Gasteiger partial charge on any atom is -1.00 e. The van der Waals surface area contributed by atoms with Crippen molar-refractivity contribution < 1.29 is 37.6 Å². The van der Waals surface area contributed by atoms with Gasteiger partial charge in [0.1, 0.15) is 18.8 Å². The highest BCUT2D eigenvalue weighted by Crippen LogP contribution is 2.23. The van der Waals surface area contributed by atoms with Crippen LogP contribution in [-0.4, -0.2) is 50.6 Å². The molecule has 2 nitrogen and oxygen atoms in total. The van der Waals surface area contributed by atoms with Crippen molar-refractivity contribution in [1.29, 1.82) is 0 Å². The summed E-state index contributed by atoms with van der Waals surface area (Å²) in [5.41, 5.74) is 0. The van der Waals surface area contributed by atoms with E-state index in [4.69, 9.17) is 4.74 Å². The Kier molecular flexibility index (Phi) is 5.10. The molecule has 80 valence electrons. The molecular weight excluding hydrogens is 284 g/mol. The van der Waals surface area contributed by atoms with Gasteiger partial charge in [-0.3, -0.25) is 0 Å². The van der Waals surface area contributed by atoms with Crippen molar-refractivity contribution >= 4 is 0 Å². The average molecular weight is 303 g/mol. The molecule has 0 radical (unpaired) electrons. The van der Waals surface area contributed by atoms with E-state index in [9.17, 15) is 4.39 Å². The lowest BCUT2D eigenvalue weighted by Gasteiger charge is -2.26. The highest BCUT2D eigenvalue weighted by Gasteiger charge is 2.34. The van der Waals surface area contributed by atoms with Gasteiger partial charge in [0.25, 0.3) is 0 Å². The number of quaternary nitrogens is 1. The van der Waals surface area contributed by atoms with Crippen molar-refractivity contribution in [3.63, 3.8) is 0 Å². The Morgan fingerprint density at radius 3 is 2.23 bits per heavy atom. The minimum absolute atomic E-state index is 0. The van der Waals surface area contributed by atoms with Gasteiger partial charge < -0.3 is 33.2 Å². The fourth-order valence-electron chi connectivity index (χ4n) is 1.62. The van der Waals surface area contributed by atoms with Crippen molar-refractivity contribution in [3.05, 3.63) is 0 Å². The zero-order chi connectivity index (χ0) is 9.35. The quantitative estimate of drug-likeness (QED) is 0.433. The maximum Gasteiger partial charge on any atom is 0.129 e. The molecule has 0 amide bonds. The van der Waals surface area contributed by atoms with Crippen LogP contribution in [0.4, 0.5) is 4.39 Å². The highest BCUT2D eigenvalue weighted by atomic mass is 127.